The molecule has 2 aromatic carbocycles. The Kier molecular flexibility index (Phi) is 4.43. The molecule has 8 heteroatoms. The molecule has 1 aromatic heterocycles. The van der Waals surface area contributed by atoms with Crippen LogP contribution in [0.4, 0.5) is 16.2 Å². The quantitative estimate of drug-likeness (QED) is 0.669. The van der Waals surface area contributed by atoms with Crippen molar-refractivity contribution in [2.24, 2.45) is 0 Å². The molecule has 3 aromatic rings. The van der Waals surface area contributed by atoms with Gasteiger partial charge in [0.15, 0.2) is 0 Å². The Hall–Kier alpha value is -2.93. The van der Waals surface area contributed by atoms with Crippen LogP contribution in [0, 0.1) is 0 Å². The van der Waals surface area contributed by atoms with Gasteiger partial charge >= 0.3 is 6.03 Å². The van der Waals surface area contributed by atoms with Crippen molar-refractivity contribution in [2.45, 2.75) is 0 Å². The lowest BCUT2D eigenvalue weighted by Crippen LogP contribution is -2.19. The normalized spacial score (nSPS) is 10.5. The van der Waals surface area contributed by atoms with Gasteiger partial charge in [0.25, 0.3) is 0 Å². The molecule has 0 radical (unpaired) electrons. The van der Waals surface area contributed by atoms with Crippen molar-refractivity contribution in [1.82, 2.24) is 9.97 Å². The van der Waals surface area contributed by atoms with E-state index < -0.39 is 6.03 Å². The number of ether oxygens (including phenoxy) is 2. The second kappa shape index (κ2) is 6.67. The monoisotopic (exact) mass is 346 g/mol. The zero-order valence-corrected chi connectivity index (χ0v) is 13.8. The highest BCUT2D eigenvalue weighted by Crippen LogP contribution is 2.35. The Labute approximate surface area is 142 Å². The Morgan fingerprint density at radius 1 is 1.12 bits per heavy atom. The van der Waals surface area contributed by atoms with Crippen molar-refractivity contribution >= 4 is 40.0 Å². The molecule has 1 heterocycles. The molecule has 7 nitrogen and oxygen atoms in total. The minimum atomic E-state index is -0.420. The number of aromatic amines is 1. The standard InChI is InChI=1S/C16H15ClN4O3/c1-23-14-7-13(15(24-2)6-10(14)17)21-16(22)20-9-3-4-11-12(5-9)19-8-18-11/h3-8H,1-2H3,(H,18,19)(H2,20,21,22). The summed E-state index contributed by atoms with van der Waals surface area (Å²) in [6.07, 6.45) is 1.60. The zero-order valence-electron chi connectivity index (χ0n) is 13.0. The van der Waals surface area contributed by atoms with Crippen LogP contribution in [-0.4, -0.2) is 30.2 Å². The molecule has 3 N–H and O–H groups in total. The Morgan fingerprint density at radius 3 is 2.67 bits per heavy atom. The SMILES string of the molecule is COc1cc(NC(=O)Nc2ccc3nc[nH]c3c2)c(OC)cc1Cl. The third-order valence-electron chi connectivity index (χ3n) is 3.40. The molecule has 0 unspecified atom stereocenters. The van der Waals surface area contributed by atoms with E-state index in [0.29, 0.717) is 27.9 Å². The number of carbonyl (C=O) groups excluding carboxylic acids is 1. The number of carbonyl (C=O) groups is 1. The third-order valence-corrected chi connectivity index (χ3v) is 3.70. The maximum absolute atomic E-state index is 12.2. The second-order valence-electron chi connectivity index (χ2n) is 4.90. The minimum Gasteiger partial charge on any atom is -0.495 e. The number of aromatic nitrogens is 2. The zero-order chi connectivity index (χ0) is 17.1. The van der Waals surface area contributed by atoms with Crippen LogP contribution in [0.15, 0.2) is 36.7 Å². The summed E-state index contributed by atoms with van der Waals surface area (Å²) < 4.78 is 10.4. The number of anilines is 2. The van der Waals surface area contributed by atoms with E-state index in [1.54, 1.807) is 30.6 Å². The van der Waals surface area contributed by atoms with Crippen LogP contribution in [0.2, 0.25) is 5.02 Å². The Balaban J connectivity index is 1.78. The summed E-state index contributed by atoms with van der Waals surface area (Å²) in [5.74, 6) is 0.867. The highest BCUT2D eigenvalue weighted by Gasteiger charge is 2.13. The molecule has 2 amide bonds. The molecular weight excluding hydrogens is 332 g/mol. The van der Waals surface area contributed by atoms with E-state index in [0.717, 1.165) is 11.0 Å². The van der Waals surface area contributed by atoms with Crippen molar-refractivity contribution in [3.05, 3.63) is 41.7 Å². The first kappa shape index (κ1) is 15.9. The predicted molar refractivity (Wildman–Crippen MR) is 93.3 cm³/mol. The number of benzene rings is 2. The topological polar surface area (TPSA) is 88.3 Å². The van der Waals surface area contributed by atoms with Gasteiger partial charge in [0.05, 0.1) is 42.3 Å². The van der Waals surface area contributed by atoms with Gasteiger partial charge < -0.3 is 25.1 Å². The maximum Gasteiger partial charge on any atom is 0.323 e. The van der Waals surface area contributed by atoms with E-state index in [4.69, 9.17) is 21.1 Å². The van der Waals surface area contributed by atoms with Gasteiger partial charge in [0.2, 0.25) is 0 Å². The molecule has 0 saturated carbocycles. The summed E-state index contributed by atoms with van der Waals surface area (Å²) in [6, 6.07) is 8.12. The minimum absolute atomic E-state index is 0.394. The van der Waals surface area contributed by atoms with Gasteiger partial charge in [0, 0.05) is 17.8 Å². The number of urea groups is 1. The molecule has 0 aliphatic rings. The summed E-state index contributed by atoms with van der Waals surface area (Å²) in [7, 11) is 2.99. The first-order chi connectivity index (χ1) is 11.6. The van der Waals surface area contributed by atoms with Gasteiger partial charge in [-0.05, 0) is 18.2 Å². The number of hydrogen-bond donors (Lipinski definition) is 3. The van der Waals surface area contributed by atoms with E-state index in [9.17, 15) is 4.79 Å². The fourth-order valence-electron chi connectivity index (χ4n) is 2.26. The molecule has 0 bridgehead atoms. The molecule has 0 spiro atoms. The summed E-state index contributed by atoms with van der Waals surface area (Å²) in [4.78, 5) is 19.3. The van der Waals surface area contributed by atoms with Gasteiger partial charge in [-0.1, -0.05) is 11.6 Å². The lowest BCUT2D eigenvalue weighted by Gasteiger charge is -2.13. The molecule has 124 valence electrons. The fourth-order valence-corrected chi connectivity index (χ4v) is 2.49. The van der Waals surface area contributed by atoms with Crippen molar-refractivity contribution in [3.8, 4) is 11.5 Å². The van der Waals surface area contributed by atoms with Crippen LogP contribution in [0.1, 0.15) is 0 Å². The molecule has 0 saturated heterocycles. The lowest BCUT2D eigenvalue weighted by atomic mass is 10.2. The third kappa shape index (κ3) is 3.21. The summed E-state index contributed by atoms with van der Waals surface area (Å²) in [6.45, 7) is 0. The van der Waals surface area contributed by atoms with E-state index in [1.165, 1.54) is 14.2 Å². The number of amides is 2. The predicted octanol–water partition coefficient (Wildman–Crippen LogP) is 3.88. The Bertz CT molecular complexity index is 894. The molecule has 24 heavy (non-hydrogen) atoms. The average Bonchev–Trinajstić information content (AvgIpc) is 3.03. The number of hydrogen-bond acceptors (Lipinski definition) is 4. The van der Waals surface area contributed by atoms with E-state index in [1.807, 2.05) is 6.07 Å². The van der Waals surface area contributed by atoms with Crippen LogP contribution in [-0.2, 0) is 0 Å². The number of nitrogens with one attached hydrogen (secondary N) is 3. The molecule has 3 rings (SSSR count). The number of halogens is 1. The molecule has 0 fully saturated rings. The van der Waals surface area contributed by atoms with Crippen LogP contribution in [0.25, 0.3) is 11.0 Å². The van der Waals surface area contributed by atoms with Gasteiger partial charge in [-0.25, -0.2) is 9.78 Å². The van der Waals surface area contributed by atoms with Crippen molar-refractivity contribution in [2.75, 3.05) is 24.9 Å². The average molecular weight is 347 g/mol. The first-order valence-electron chi connectivity index (χ1n) is 7.03. The van der Waals surface area contributed by atoms with Crippen molar-refractivity contribution < 1.29 is 14.3 Å². The van der Waals surface area contributed by atoms with Crippen LogP contribution >= 0.6 is 11.6 Å². The van der Waals surface area contributed by atoms with E-state index >= 15 is 0 Å². The lowest BCUT2D eigenvalue weighted by molar-refractivity contribution is 0.262. The highest BCUT2D eigenvalue weighted by molar-refractivity contribution is 6.32. The van der Waals surface area contributed by atoms with E-state index in [-0.39, 0.29) is 0 Å². The largest absolute Gasteiger partial charge is 0.495 e. The molecule has 0 aliphatic heterocycles. The molecule has 0 aliphatic carbocycles. The van der Waals surface area contributed by atoms with Gasteiger partial charge in [0.1, 0.15) is 11.5 Å². The van der Waals surface area contributed by atoms with Gasteiger partial charge in [-0.15, -0.1) is 0 Å². The molecular formula is C16H15ClN4O3. The number of H-pyrrole nitrogens is 1. The number of rotatable bonds is 4. The first-order valence-corrected chi connectivity index (χ1v) is 7.41. The number of methoxy groups -OCH3 is 2. The van der Waals surface area contributed by atoms with Crippen molar-refractivity contribution in [3.63, 3.8) is 0 Å². The fraction of sp³-hybridized carbons (Fsp3) is 0.125. The van der Waals surface area contributed by atoms with Crippen LogP contribution < -0.4 is 20.1 Å². The van der Waals surface area contributed by atoms with Crippen molar-refractivity contribution in [1.29, 1.82) is 0 Å². The summed E-state index contributed by atoms with van der Waals surface area (Å²) in [5.41, 5.74) is 2.73. The second-order valence-corrected chi connectivity index (χ2v) is 5.31. The number of nitrogens with zero attached hydrogens (tertiary/aromatic N) is 1. The summed E-state index contributed by atoms with van der Waals surface area (Å²) in [5, 5.41) is 5.86. The van der Waals surface area contributed by atoms with E-state index in [2.05, 4.69) is 20.6 Å². The number of imidazole rings is 1. The maximum atomic E-state index is 12.2. The summed E-state index contributed by atoms with van der Waals surface area (Å²) >= 11 is 6.05. The van der Waals surface area contributed by atoms with Crippen LogP contribution in [0.5, 0.6) is 11.5 Å². The van der Waals surface area contributed by atoms with Gasteiger partial charge in [-0.3, -0.25) is 0 Å². The Morgan fingerprint density at radius 2 is 1.92 bits per heavy atom. The highest BCUT2D eigenvalue weighted by atomic mass is 35.5. The van der Waals surface area contributed by atoms with Crippen LogP contribution in [0.3, 0.4) is 0 Å². The van der Waals surface area contributed by atoms with Gasteiger partial charge in [-0.2, -0.15) is 0 Å². The smallest absolute Gasteiger partial charge is 0.323 e. The number of fused-ring (bicyclic) bond motifs is 1. The molecule has 0 atom stereocenters.